The molecular weight excluding hydrogens is 108 g/mol. The zero-order valence-electron chi connectivity index (χ0n) is 5.85. The van der Waals surface area contributed by atoms with Crippen LogP contribution in [-0.2, 0) is 0 Å². The van der Waals surface area contributed by atoms with Crippen LogP contribution in [0.5, 0.6) is 0 Å². The SMILES string of the molecule is C#CCCC=C=CCC. The average Bonchev–Trinajstić information content (AvgIpc) is 1.89. The molecule has 0 bridgehead atoms. The van der Waals surface area contributed by atoms with E-state index in [4.69, 9.17) is 6.42 Å². The molecule has 0 nitrogen and oxygen atoms in total. The molecule has 0 aliphatic heterocycles. The highest BCUT2D eigenvalue weighted by Gasteiger charge is 1.69. The second-order valence-corrected chi connectivity index (χ2v) is 1.73. The zero-order chi connectivity index (χ0) is 6.95. The lowest BCUT2D eigenvalue weighted by molar-refractivity contribution is 1.09. The smallest absolute Gasteiger partial charge is 0.0127 e. The van der Waals surface area contributed by atoms with E-state index < -0.39 is 0 Å². The lowest BCUT2D eigenvalue weighted by atomic mass is 10.3. The van der Waals surface area contributed by atoms with Crippen LogP contribution in [0.15, 0.2) is 17.9 Å². The van der Waals surface area contributed by atoms with Crippen LogP contribution >= 0.6 is 0 Å². The molecule has 0 heteroatoms. The fraction of sp³-hybridized carbons (Fsp3) is 0.444. The van der Waals surface area contributed by atoms with Crippen LogP contribution in [-0.4, -0.2) is 0 Å². The maximum Gasteiger partial charge on any atom is 0.0127 e. The van der Waals surface area contributed by atoms with E-state index in [-0.39, 0.29) is 0 Å². The predicted octanol–water partition coefficient (Wildman–Crippen LogP) is 2.52. The molecule has 0 unspecified atom stereocenters. The highest BCUT2D eigenvalue weighted by Crippen LogP contribution is 1.86. The first-order chi connectivity index (χ1) is 4.41. The summed E-state index contributed by atoms with van der Waals surface area (Å²) in [6, 6.07) is 0. The quantitative estimate of drug-likeness (QED) is 0.305. The zero-order valence-corrected chi connectivity index (χ0v) is 5.85. The molecule has 0 saturated heterocycles. The van der Waals surface area contributed by atoms with E-state index in [9.17, 15) is 0 Å². The van der Waals surface area contributed by atoms with Crippen molar-refractivity contribution in [2.24, 2.45) is 0 Å². The Labute approximate surface area is 57.3 Å². The van der Waals surface area contributed by atoms with E-state index in [1.165, 1.54) is 0 Å². The molecule has 48 valence electrons. The Balaban J connectivity index is 3.27. The number of hydrogen-bond acceptors (Lipinski definition) is 0. The van der Waals surface area contributed by atoms with Crippen LogP contribution in [0.25, 0.3) is 0 Å². The van der Waals surface area contributed by atoms with Crippen molar-refractivity contribution in [1.29, 1.82) is 0 Å². The summed E-state index contributed by atoms with van der Waals surface area (Å²) in [4.78, 5) is 0. The summed E-state index contributed by atoms with van der Waals surface area (Å²) in [6.45, 7) is 2.09. The van der Waals surface area contributed by atoms with Gasteiger partial charge >= 0.3 is 0 Å². The van der Waals surface area contributed by atoms with Gasteiger partial charge in [-0.1, -0.05) is 6.92 Å². The fourth-order valence-electron chi connectivity index (χ4n) is 0.440. The third kappa shape index (κ3) is 7.08. The molecule has 0 aliphatic rings. The fourth-order valence-corrected chi connectivity index (χ4v) is 0.440. The lowest BCUT2D eigenvalue weighted by Crippen LogP contribution is -1.59. The highest BCUT2D eigenvalue weighted by molar-refractivity contribution is 4.90. The van der Waals surface area contributed by atoms with Crippen LogP contribution in [0, 0.1) is 12.3 Å². The van der Waals surface area contributed by atoms with Gasteiger partial charge in [-0.15, -0.1) is 18.1 Å². The van der Waals surface area contributed by atoms with Crippen LogP contribution in [0.1, 0.15) is 26.2 Å². The normalized spacial score (nSPS) is 7.11. The third-order valence-corrected chi connectivity index (χ3v) is 0.873. The van der Waals surface area contributed by atoms with Crippen LogP contribution in [0.4, 0.5) is 0 Å². The van der Waals surface area contributed by atoms with Gasteiger partial charge in [0.1, 0.15) is 0 Å². The Kier molecular flexibility index (Phi) is 6.36. The second kappa shape index (κ2) is 7.08. The topological polar surface area (TPSA) is 0 Å². The molecule has 0 aromatic rings. The van der Waals surface area contributed by atoms with Crippen molar-refractivity contribution >= 4 is 0 Å². The van der Waals surface area contributed by atoms with Crippen molar-refractivity contribution < 1.29 is 0 Å². The molecule has 0 atom stereocenters. The first-order valence-electron chi connectivity index (χ1n) is 3.24. The summed E-state index contributed by atoms with van der Waals surface area (Å²) in [5, 5.41) is 0. The Morgan fingerprint density at radius 3 is 2.78 bits per heavy atom. The number of terminal acetylenes is 1. The summed E-state index contributed by atoms with van der Waals surface area (Å²) < 4.78 is 0. The largest absolute Gasteiger partial charge is 0.130 e. The van der Waals surface area contributed by atoms with Gasteiger partial charge in [-0.2, -0.15) is 0 Å². The highest BCUT2D eigenvalue weighted by atomic mass is 13.7. The van der Waals surface area contributed by atoms with Crippen molar-refractivity contribution in [1.82, 2.24) is 0 Å². The summed E-state index contributed by atoms with van der Waals surface area (Å²) in [7, 11) is 0. The van der Waals surface area contributed by atoms with Gasteiger partial charge in [-0.25, -0.2) is 0 Å². The van der Waals surface area contributed by atoms with Gasteiger partial charge in [-0.3, -0.25) is 0 Å². The van der Waals surface area contributed by atoms with Gasteiger partial charge in [0.15, 0.2) is 0 Å². The number of unbranched alkanes of at least 4 members (excludes halogenated alkanes) is 1. The van der Waals surface area contributed by atoms with Crippen molar-refractivity contribution in [2.75, 3.05) is 0 Å². The molecule has 0 aromatic heterocycles. The van der Waals surface area contributed by atoms with Crippen molar-refractivity contribution in [3.05, 3.63) is 17.9 Å². The Bertz CT molecular complexity index is 140. The first-order valence-corrected chi connectivity index (χ1v) is 3.24. The van der Waals surface area contributed by atoms with Gasteiger partial charge in [0.05, 0.1) is 0 Å². The summed E-state index contributed by atoms with van der Waals surface area (Å²) >= 11 is 0. The summed E-state index contributed by atoms with van der Waals surface area (Å²) in [5.74, 6) is 2.56. The van der Waals surface area contributed by atoms with Gasteiger partial charge in [0.25, 0.3) is 0 Å². The van der Waals surface area contributed by atoms with Crippen LogP contribution < -0.4 is 0 Å². The van der Waals surface area contributed by atoms with Crippen LogP contribution in [0.2, 0.25) is 0 Å². The van der Waals surface area contributed by atoms with E-state index in [0.717, 1.165) is 19.3 Å². The van der Waals surface area contributed by atoms with Gasteiger partial charge < -0.3 is 0 Å². The van der Waals surface area contributed by atoms with Crippen molar-refractivity contribution in [3.8, 4) is 12.3 Å². The molecule has 9 heavy (non-hydrogen) atoms. The molecule has 0 saturated carbocycles. The number of hydrogen-bond donors (Lipinski definition) is 0. The van der Waals surface area contributed by atoms with Crippen molar-refractivity contribution in [2.45, 2.75) is 26.2 Å². The Morgan fingerprint density at radius 1 is 1.44 bits per heavy atom. The minimum atomic E-state index is 0.824. The predicted molar refractivity (Wildman–Crippen MR) is 41.0 cm³/mol. The molecule has 0 radical (unpaired) electrons. The van der Waals surface area contributed by atoms with E-state index >= 15 is 0 Å². The molecule has 0 N–H and O–H groups in total. The number of allylic oxidation sites excluding steroid dienone is 1. The maximum atomic E-state index is 5.04. The minimum Gasteiger partial charge on any atom is -0.130 e. The van der Waals surface area contributed by atoms with Gasteiger partial charge in [0.2, 0.25) is 0 Å². The Morgan fingerprint density at radius 2 is 2.22 bits per heavy atom. The maximum absolute atomic E-state index is 5.04. The third-order valence-electron chi connectivity index (χ3n) is 0.873. The molecule has 0 fully saturated rings. The summed E-state index contributed by atoms with van der Waals surface area (Å²) in [5.41, 5.74) is 3.02. The molecule has 0 amide bonds. The second-order valence-electron chi connectivity index (χ2n) is 1.73. The van der Waals surface area contributed by atoms with Gasteiger partial charge in [0, 0.05) is 6.42 Å². The standard InChI is InChI=1S/C9H12/c1-3-5-7-9-8-6-4-2/h1,6,9H,4-5,7H2,2H3. The lowest BCUT2D eigenvalue weighted by Gasteiger charge is -1.76. The van der Waals surface area contributed by atoms with Crippen molar-refractivity contribution in [3.63, 3.8) is 0 Å². The Hall–Kier alpha value is -0.920. The number of rotatable bonds is 3. The molecule has 0 aliphatic carbocycles. The van der Waals surface area contributed by atoms with E-state index in [1.54, 1.807) is 0 Å². The molecule has 0 heterocycles. The van der Waals surface area contributed by atoms with E-state index in [0.29, 0.717) is 0 Å². The van der Waals surface area contributed by atoms with E-state index in [2.05, 4.69) is 18.6 Å². The monoisotopic (exact) mass is 120 g/mol. The molecule has 0 spiro atoms. The van der Waals surface area contributed by atoms with E-state index in [1.807, 2.05) is 12.2 Å². The minimum absolute atomic E-state index is 0.824. The average molecular weight is 120 g/mol. The molecule has 0 rings (SSSR count). The first kappa shape index (κ1) is 8.08. The molecular formula is C9H12. The van der Waals surface area contributed by atoms with Crippen LogP contribution in [0.3, 0.4) is 0 Å². The summed E-state index contributed by atoms with van der Waals surface area (Å²) in [6.07, 6.45) is 11.8. The molecule has 0 aromatic carbocycles. The van der Waals surface area contributed by atoms with Gasteiger partial charge in [-0.05, 0) is 25.0 Å².